The van der Waals surface area contributed by atoms with Crippen LogP contribution < -0.4 is 11.1 Å². The standard InChI is InChI=1S/C18H24N4O3S/c1-14-10-16(21-25-14)20-17(23)12-26-13-18(24)22(9-5-8-19)11-15-6-3-2-4-7-15/h2-4,6-7,10H,5,8-9,11-13,19H2,1H3,(H,20,21,23). The zero-order chi connectivity index (χ0) is 18.8. The minimum Gasteiger partial charge on any atom is -0.360 e. The van der Waals surface area contributed by atoms with Gasteiger partial charge in [0.1, 0.15) is 5.76 Å². The van der Waals surface area contributed by atoms with Gasteiger partial charge in [-0.3, -0.25) is 9.59 Å². The first-order valence-corrected chi connectivity index (χ1v) is 9.56. The van der Waals surface area contributed by atoms with Crippen molar-refractivity contribution in [1.29, 1.82) is 0 Å². The number of rotatable bonds is 10. The molecule has 1 heterocycles. The molecule has 0 aliphatic rings. The van der Waals surface area contributed by atoms with Crippen molar-refractivity contribution in [3.63, 3.8) is 0 Å². The van der Waals surface area contributed by atoms with Crippen LogP contribution in [0.1, 0.15) is 17.7 Å². The Morgan fingerprint density at radius 2 is 2.04 bits per heavy atom. The van der Waals surface area contributed by atoms with Crippen LogP contribution in [0.3, 0.4) is 0 Å². The van der Waals surface area contributed by atoms with E-state index < -0.39 is 0 Å². The fraction of sp³-hybridized carbons (Fsp3) is 0.389. The van der Waals surface area contributed by atoms with E-state index in [-0.39, 0.29) is 23.3 Å². The van der Waals surface area contributed by atoms with E-state index in [1.54, 1.807) is 17.9 Å². The van der Waals surface area contributed by atoms with E-state index in [4.69, 9.17) is 10.3 Å². The minimum atomic E-state index is -0.215. The van der Waals surface area contributed by atoms with Crippen LogP contribution in [0.2, 0.25) is 0 Å². The second-order valence-corrected chi connectivity index (χ2v) is 6.79. The van der Waals surface area contributed by atoms with E-state index in [1.807, 2.05) is 30.3 Å². The first-order chi connectivity index (χ1) is 12.6. The molecule has 26 heavy (non-hydrogen) atoms. The summed E-state index contributed by atoms with van der Waals surface area (Å²) >= 11 is 1.27. The van der Waals surface area contributed by atoms with Crippen molar-refractivity contribution in [1.82, 2.24) is 10.1 Å². The molecule has 0 aliphatic carbocycles. The Labute approximate surface area is 157 Å². The molecule has 0 fully saturated rings. The van der Waals surface area contributed by atoms with Gasteiger partial charge in [0.2, 0.25) is 11.8 Å². The summed E-state index contributed by atoms with van der Waals surface area (Å²) in [6.45, 7) is 3.43. The van der Waals surface area contributed by atoms with Crippen molar-refractivity contribution in [3.8, 4) is 0 Å². The van der Waals surface area contributed by atoms with Crippen LogP contribution in [-0.4, -0.2) is 46.5 Å². The Kier molecular flexibility index (Phi) is 8.17. The molecule has 3 N–H and O–H groups in total. The first kappa shape index (κ1) is 20.0. The molecule has 1 aromatic carbocycles. The van der Waals surface area contributed by atoms with Crippen LogP contribution in [0.4, 0.5) is 5.82 Å². The van der Waals surface area contributed by atoms with Crippen LogP contribution in [0.15, 0.2) is 40.9 Å². The number of thioether (sulfide) groups is 1. The number of nitrogens with zero attached hydrogens (tertiary/aromatic N) is 2. The highest BCUT2D eigenvalue weighted by Gasteiger charge is 2.15. The zero-order valence-corrected chi connectivity index (χ0v) is 15.6. The quantitative estimate of drug-likeness (QED) is 0.658. The number of carbonyl (C=O) groups is 2. The molecular weight excluding hydrogens is 352 g/mol. The fourth-order valence-electron chi connectivity index (χ4n) is 2.30. The van der Waals surface area contributed by atoms with Crippen LogP contribution in [0, 0.1) is 6.92 Å². The van der Waals surface area contributed by atoms with E-state index >= 15 is 0 Å². The summed E-state index contributed by atoms with van der Waals surface area (Å²) in [6.07, 6.45) is 0.745. The average molecular weight is 376 g/mol. The summed E-state index contributed by atoms with van der Waals surface area (Å²) in [7, 11) is 0. The van der Waals surface area contributed by atoms with Gasteiger partial charge in [0.05, 0.1) is 11.5 Å². The Hall–Kier alpha value is -2.32. The molecule has 2 amide bonds. The van der Waals surface area contributed by atoms with E-state index in [1.165, 1.54) is 11.8 Å². The smallest absolute Gasteiger partial charge is 0.235 e. The van der Waals surface area contributed by atoms with Crippen molar-refractivity contribution >= 4 is 29.4 Å². The molecule has 0 saturated carbocycles. The number of nitrogens with one attached hydrogen (secondary N) is 1. The molecule has 1 aromatic heterocycles. The highest BCUT2D eigenvalue weighted by molar-refractivity contribution is 8.00. The molecule has 0 bridgehead atoms. The number of aromatic nitrogens is 1. The Morgan fingerprint density at radius 1 is 1.27 bits per heavy atom. The van der Waals surface area contributed by atoms with Crippen molar-refractivity contribution < 1.29 is 14.1 Å². The summed E-state index contributed by atoms with van der Waals surface area (Å²) in [5.41, 5.74) is 6.65. The predicted octanol–water partition coefficient (Wildman–Crippen LogP) is 2.03. The predicted molar refractivity (Wildman–Crippen MR) is 103 cm³/mol. The number of nitrogens with two attached hydrogens (primary N) is 1. The maximum Gasteiger partial charge on any atom is 0.235 e. The topological polar surface area (TPSA) is 101 Å². The van der Waals surface area contributed by atoms with Gasteiger partial charge in [-0.05, 0) is 25.5 Å². The largest absolute Gasteiger partial charge is 0.360 e. The molecule has 0 unspecified atom stereocenters. The molecule has 0 saturated heterocycles. The van der Waals surface area contributed by atoms with Crippen LogP contribution in [0.25, 0.3) is 0 Å². The van der Waals surface area contributed by atoms with Gasteiger partial charge in [0.15, 0.2) is 5.82 Å². The highest BCUT2D eigenvalue weighted by atomic mass is 32.2. The Morgan fingerprint density at radius 3 is 2.69 bits per heavy atom. The number of aryl methyl sites for hydroxylation is 1. The molecule has 0 atom stereocenters. The van der Waals surface area contributed by atoms with Gasteiger partial charge in [0, 0.05) is 19.2 Å². The number of hydrogen-bond donors (Lipinski definition) is 2. The van der Waals surface area contributed by atoms with Gasteiger partial charge in [-0.2, -0.15) is 0 Å². The summed E-state index contributed by atoms with van der Waals surface area (Å²) in [4.78, 5) is 26.2. The molecule has 0 spiro atoms. The third-order valence-electron chi connectivity index (χ3n) is 3.56. The maximum atomic E-state index is 12.5. The van der Waals surface area contributed by atoms with Crippen molar-refractivity contribution in [2.24, 2.45) is 5.73 Å². The Bertz CT molecular complexity index is 705. The number of amides is 2. The van der Waals surface area contributed by atoms with Crippen molar-refractivity contribution in [2.45, 2.75) is 19.9 Å². The minimum absolute atomic E-state index is 0.00242. The second kappa shape index (κ2) is 10.6. The molecule has 2 aromatic rings. The van der Waals surface area contributed by atoms with E-state index in [0.717, 1.165) is 12.0 Å². The zero-order valence-electron chi connectivity index (χ0n) is 14.8. The van der Waals surface area contributed by atoms with E-state index in [0.29, 0.717) is 31.2 Å². The third-order valence-corrected chi connectivity index (χ3v) is 4.47. The number of hydrogen-bond acceptors (Lipinski definition) is 6. The van der Waals surface area contributed by atoms with Gasteiger partial charge in [-0.15, -0.1) is 11.8 Å². The SMILES string of the molecule is Cc1cc(NC(=O)CSCC(=O)N(CCCN)Cc2ccccc2)no1. The van der Waals surface area contributed by atoms with Gasteiger partial charge >= 0.3 is 0 Å². The van der Waals surface area contributed by atoms with Crippen LogP contribution in [0.5, 0.6) is 0 Å². The van der Waals surface area contributed by atoms with E-state index in [9.17, 15) is 9.59 Å². The third kappa shape index (κ3) is 6.89. The molecule has 0 aliphatic heterocycles. The summed E-state index contributed by atoms with van der Waals surface area (Å²) < 4.78 is 4.89. The van der Waals surface area contributed by atoms with Gasteiger partial charge < -0.3 is 20.5 Å². The van der Waals surface area contributed by atoms with Crippen molar-refractivity contribution in [3.05, 3.63) is 47.7 Å². The number of anilines is 1. The second-order valence-electron chi connectivity index (χ2n) is 5.81. The summed E-state index contributed by atoms with van der Waals surface area (Å²) in [5, 5.41) is 6.34. The van der Waals surface area contributed by atoms with Crippen molar-refractivity contribution in [2.75, 3.05) is 29.9 Å². The monoisotopic (exact) mass is 376 g/mol. The molecule has 0 radical (unpaired) electrons. The maximum absolute atomic E-state index is 12.5. The van der Waals surface area contributed by atoms with Gasteiger partial charge in [-0.25, -0.2) is 0 Å². The molecule has 140 valence electrons. The lowest BCUT2D eigenvalue weighted by atomic mass is 10.2. The van der Waals surface area contributed by atoms with Crippen LogP contribution in [-0.2, 0) is 16.1 Å². The lowest BCUT2D eigenvalue weighted by molar-refractivity contribution is -0.129. The number of benzene rings is 1. The normalized spacial score (nSPS) is 10.5. The summed E-state index contributed by atoms with van der Waals surface area (Å²) in [5.74, 6) is 1.20. The van der Waals surface area contributed by atoms with Gasteiger partial charge in [0.25, 0.3) is 0 Å². The first-order valence-electron chi connectivity index (χ1n) is 8.41. The molecule has 7 nitrogen and oxygen atoms in total. The lowest BCUT2D eigenvalue weighted by Crippen LogP contribution is -2.34. The summed E-state index contributed by atoms with van der Waals surface area (Å²) in [6, 6.07) is 11.5. The number of carbonyl (C=O) groups excluding carboxylic acids is 2. The fourth-order valence-corrected chi connectivity index (χ4v) is 3.02. The lowest BCUT2D eigenvalue weighted by Gasteiger charge is -2.22. The molecule has 2 rings (SSSR count). The Balaban J connectivity index is 1.79. The molecular formula is C18H24N4O3S. The van der Waals surface area contributed by atoms with Crippen LogP contribution >= 0.6 is 11.8 Å². The average Bonchev–Trinajstić information content (AvgIpc) is 3.04. The van der Waals surface area contributed by atoms with E-state index in [2.05, 4.69) is 10.5 Å². The molecule has 8 heteroatoms. The highest BCUT2D eigenvalue weighted by Crippen LogP contribution is 2.11. The van der Waals surface area contributed by atoms with Gasteiger partial charge in [-0.1, -0.05) is 35.5 Å².